The van der Waals surface area contributed by atoms with Crippen molar-refractivity contribution in [3.63, 3.8) is 0 Å². The molecule has 1 unspecified atom stereocenters. The minimum absolute atomic E-state index is 0.179. The van der Waals surface area contributed by atoms with Crippen molar-refractivity contribution in [3.8, 4) is 5.69 Å². The average molecular weight is 432 g/mol. The first-order chi connectivity index (χ1) is 14.7. The highest BCUT2D eigenvalue weighted by atomic mass is 19.4. The number of hydrogen-bond acceptors (Lipinski definition) is 3. The minimum Gasteiger partial charge on any atom is -0.344 e. The fraction of sp³-hybridized carbons (Fsp3) is 0.318. The molecule has 0 aliphatic heterocycles. The van der Waals surface area contributed by atoms with Crippen molar-refractivity contribution >= 4 is 5.91 Å². The molecular weight excluding hydrogens is 412 g/mol. The number of hydrogen-bond donors (Lipinski definition) is 1. The Morgan fingerprint density at radius 3 is 2.55 bits per heavy atom. The largest absolute Gasteiger partial charge is 0.435 e. The Balaban J connectivity index is 1.63. The lowest BCUT2D eigenvalue weighted by molar-refractivity contribution is -0.143. The topological polar surface area (TPSA) is 59.8 Å². The maximum absolute atomic E-state index is 13.8. The number of carbonyl (C=O) groups excluding carboxylic acids is 1. The first kappa shape index (κ1) is 21.0. The minimum atomic E-state index is -4.92. The molecular formula is C22H20F4N4O. The lowest BCUT2D eigenvalue weighted by atomic mass is 9.89. The number of aromatic nitrogens is 3. The summed E-state index contributed by atoms with van der Waals surface area (Å²) in [5.41, 5.74) is 0.889. The summed E-state index contributed by atoms with van der Waals surface area (Å²) < 4.78 is 55.2. The molecule has 4 rings (SSSR count). The Kier molecular flexibility index (Phi) is 5.51. The van der Waals surface area contributed by atoms with E-state index in [1.54, 1.807) is 6.92 Å². The second-order valence-corrected chi connectivity index (χ2v) is 7.61. The van der Waals surface area contributed by atoms with Crippen molar-refractivity contribution in [1.82, 2.24) is 20.3 Å². The van der Waals surface area contributed by atoms with Crippen molar-refractivity contribution in [2.24, 2.45) is 0 Å². The van der Waals surface area contributed by atoms with Gasteiger partial charge in [-0.15, -0.1) is 5.10 Å². The smallest absolute Gasteiger partial charge is 0.344 e. The van der Waals surface area contributed by atoms with Crippen molar-refractivity contribution in [1.29, 1.82) is 0 Å². The summed E-state index contributed by atoms with van der Waals surface area (Å²) in [4.78, 5) is 12.7. The predicted octanol–water partition coefficient (Wildman–Crippen LogP) is 4.80. The molecule has 1 aliphatic carbocycles. The van der Waals surface area contributed by atoms with Crippen molar-refractivity contribution < 1.29 is 22.4 Å². The molecule has 0 radical (unpaired) electrons. The second-order valence-electron chi connectivity index (χ2n) is 7.61. The first-order valence-electron chi connectivity index (χ1n) is 9.95. The van der Waals surface area contributed by atoms with Crippen molar-refractivity contribution in [3.05, 3.63) is 76.4 Å². The van der Waals surface area contributed by atoms with Crippen LogP contribution in [0.1, 0.15) is 58.7 Å². The molecule has 9 heteroatoms. The molecule has 0 saturated heterocycles. The van der Waals surface area contributed by atoms with E-state index in [0.717, 1.165) is 43.4 Å². The zero-order valence-electron chi connectivity index (χ0n) is 16.7. The van der Waals surface area contributed by atoms with Gasteiger partial charge >= 0.3 is 6.18 Å². The molecule has 2 aromatic carbocycles. The van der Waals surface area contributed by atoms with Gasteiger partial charge in [-0.1, -0.05) is 29.5 Å². The fourth-order valence-corrected chi connectivity index (χ4v) is 3.85. The van der Waals surface area contributed by atoms with Gasteiger partial charge in [-0.05, 0) is 67.5 Å². The van der Waals surface area contributed by atoms with Gasteiger partial charge in [-0.2, -0.15) is 13.2 Å². The number of halogens is 4. The summed E-state index contributed by atoms with van der Waals surface area (Å²) in [5, 5.41) is 9.52. The maximum Gasteiger partial charge on any atom is 0.435 e. The van der Waals surface area contributed by atoms with Crippen LogP contribution in [0.25, 0.3) is 5.69 Å². The van der Waals surface area contributed by atoms with Gasteiger partial charge in [0, 0.05) is 0 Å². The van der Waals surface area contributed by atoms with Crippen LogP contribution in [0, 0.1) is 5.82 Å². The summed E-state index contributed by atoms with van der Waals surface area (Å²) in [5.74, 6) is -1.73. The Bertz CT molecular complexity index is 1120. The zero-order chi connectivity index (χ0) is 22.2. The third-order valence-electron chi connectivity index (χ3n) is 5.43. The third kappa shape index (κ3) is 4.30. The van der Waals surface area contributed by atoms with Gasteiger partial charge in [0.05, 0.1) is 11.7 Å². The highest BCUT2D eigenvalue weighted by Gasteiger charge is 2.42. The van der Waals surface area contributed by atoms with Gasteiger partial charge in [-0.3, -0.25) is 4.79 Å². The third-order valence-corrected chi connectivity index (χ3v) is 5.43. The molecule has 0 fully saturated rings. The normalized spacial score (nSPS) is 14.7. The van der Waals surface area contributed by atoms with E-state index in [1.807, 2.05) is 18.2 Å². The van der Waals surface area contributed by atoms with Crippen LogP contribution in [-0.2, 0) is 19.0 Å². The first-order valence-corrected chi connectivity index (χ1v) is 9.95. The van der Waals surface area contributed by atoms with Crippen molar-refractivity contribution in [2.45, 2.75) is 44.8 Å². The Morgan fingerprint density at radius 1 is 1.10 bits per heavy atom. The molecule has 1 heterocycles. The number of amides is 1. The molecule has 5 nitrogen and oxygen atoms in total. The number of nitrogens with one attached hydrogen (secondary N) is 1. The number of carbonyl (C=O) groups is 1. The van der Waals surface area contributed by atoms with Gasteiger partial charge in [0.1, 0.15) is 5.82 Å². The quantitative estimate of drug-likeness (QED) is 0.603. The van der Waals surface area contributed by atoms with Crippen LogP contribution in [0.3, 0.4) is 0 Å². The molecule has 0 saturated carbocycles. The number of fused-ring (bicyclic) bond motifs is 1. The van der Waals surface area contributed by atoms with E-state index in [0.29, 0.717) is 4.68 Å². The molecule has 1 atom stereocenters. The number of rotatable bonds is 4. The van der Waals surface area contributed by atoms with Crippen LogP contribution < -0.4 is 5.32 Å². The number of nitrogens with zero attached hydrogens (tertiary/aromatic N) is 3. The molecule has 1 aliphatic rings. The predicted molar refractivity (Wildman–Crippen MR) is 105 cm³/mol. The van der Waals surface area contributed by atoms with Crippen LogP contribution in [0.5, 0.6) is 0 Å². The van der Waals surface area contributed by atoms with Gasteiger partial charge < -0.3 is 5.32 Å². The summed E-state index contributed by atoms with van der Waals surface area (Å²) in [6.07, 6.45) is -0.731. The summed E-state index contributed by atoms with van der Waals surface area (Å²) in [6, 6.07) is 9.85. The second kappa shape index (κ2) is 8.13. The van der Waals surface area contributed by atoms with Crippen LogP contribution in [0.2, 0.25) is 0 Å². The van der Waals surface area contributed by atoms with Crippen molar-refractivity contribution in [2.75, 3.05) is 0 Å². The van der Waals surface area contributed by atoms with E-state index in [-0.39, 0.29) is 5.69 Å². The SMILES string of the molecule is CC(NC(=O)c1nnn(-c2cccc(F)c2)c1C(F)(F)F)c1ccc2c(c1)CCCC2. The fourth-order valence-electron chi connectivity index (χ4n) is 3.85. The number of aryl methyl sites for hydroxylation is 2. The summed E-state index contributed by atoms with van der Waals surface area (Å²) >= 11 is 0. The molecule has 0 spiro atoms. The highest BCUT2D eigenvalue weighted by molar-refractivity contribution is 5.93. The number of alkyl halides is 3. The molecule has 1 N–H and O–H groups in total. The van der Waals surface area contributed by atoms with Gasteiger partial charge in [0.25, 0.3) is 5.91 Å². The van der Waals surface area contributed by atoms with Gasteiger partial charge in [0.15, 0.2) is 11.4 Å². The average Bonchev–Trinajstić information content (AvgIpc) is 3.19. The van der Waals surface area contributed by atoms with E-state index in [4.69, 9.17) is 0 Å². The van der Waals surface area contributed by atoms with Gasteiger partial charge in [-0.25, -0.2) is 9.07 Å². The maximum atomic E-state index is 13.8. The highest BCUT2D eigenvalue weighted by Crippen LogP contribution is 2.33. The standard InChI is InChI=1S/C22H20F4N4O/c1-13(15-10-9-14-5-2-3-6-16(14)11-15)27-21(31)19-20(22(24,25)26)30(29-28-19)18-8-4-7-17(23)12-18/h4,7-13H,2-3,5-6H2,1H3,(H,27,31). The lowest BCUT2D eigenvalue weighted by Crippen LogP contribution is -2.29. The van der Waals surface area contributed by atoms with Gasteiger partial charge in [0.2, 0.25) is 0 Å². The Morgan fingerprint density at radius 2 is 1.84 bits per heavy atom. The van der Waals surface area contributed by atoms with E-state index >= 15 is 0 Å². The number of benzene rings is 2. The van der Waals surface area contributed by atoms with Crippen LogP contribution in [0.15, 0.2) is 42.5 Å². The van der Waals surface area contributed by atoms with E-state index < -0.39 is 35.3 Å². The molecule has 3 aromatic rings. The zero-order valence-corrected chi connectivity index (χ0v) is 16.7. The molecule has 1 amide bonds. The lowest BCUT2D eigenvalue weighted by Gasteiger charge is -2.20. The summed E-state index contributed by atoms with van der Waals surface area (Å²) in [6.45, 7) is 1.70. The summed E-state index contributed by atoms with van der Waals surface area (Å²) in [7, 11) is 0. The van der Waals surface area contributed by atoms with Crippen LogP contribution in [0.4, 0.5) is 17.6 Å². The molecule has 0 bridgehead atoms. The monoisotopic (exact) mass is 432 g/mol. The molecule has 31 heavy (non-hydrogen) atoms. The van der Waals surface area contributed by atoms with E-state index in [1.165, 1.54) is 23.3 Å². The van der Waals surface area contributed by atoms with Crippen LogP contribution in [-0.4, -0.2) is 20.9 Å². The van der Waals surface area contributed by atoms with E-state index in [9.17, 15) is 22.4 Å². The Labute approximate surface area is 176 Å². The van der Waals surface area contributed by atoms with E-state index in [2.05, 4.69) is 15.6 Å². The molecule has 162 valence electrons. The Hall–Kier alpha value is -3.23. The molecule has 1 aromatic heterocycles. The van der Waals surface area contributed by atoms with Crippen LogP contribution >= 0.6 is 0 Å².